The van der Waals surface area contributed by atoms with Crippen LogP contribution in [0.2, 0.25) is 0 Å². The Morgan fingerprint density at radius 1 is 1.19 bits per heavy atom. The molecule has 0 saturated carbocycles. The van der Waals surface area contributed by atoms with Crippen LogP contribution < -0.4 is 11.1 Å². The molecule has 1 aliphatic carbocycles. The van der Waals surface area contributed by atoms with Crippen LogP contribution >= 0.6 is 11.3 Å². The second-order valence-corrected chi connectivity index (χ2v) is 7.89. The number of amides is 1. The molecule has 31 heavy (non-hydrogen) atoms. The first-order valence-corrected chi connectivity index (χ1v) is 10.1. The normalized spacial score (nSPS) is 14.0. The minimum absolute atomic E-state index is 0.122. The second-order valence-electron chi connectivity index (χ2n) is 6.78. The topological polar surface area (TPSA) is 140 Å². The summed E-state index contributed by atoms with van der Waals surface area (Å²) < 4.78 is 13.2. The lowest BCUT2D eigenvalue weighted by Gasteiger charge is -2.11. The summed E-state index contributed by atoms with van der Waals surface area (Å²) >= 11 is 1.32. The van der Waals surface area contributed by atoms with Crippen molar-refractivity contribution in [3.05, 3.63) is 74.8 Å². The molecule has 0 aliphatic heterocycles. The number of carbonyl (C=O) groups excluding carboxylic acids is 2. The van der Waals surface area contributed by atoms with Gasteiger partial charge < -0.3 is 16.2 Å². The van der Waals surface area contributed by atoms with E-state index in [0.717, 1.165) is 54.3 Å². The van der Waals surface area contributed by atoms with Gasteiger partial charge in [-0.1, -0.05) is 0 Å². The smallest absolute Gasteiger partial charge is 0.263 e. The molecule has 1 aromatic heterocycles. The SMILES string of the molecule is N#CC(C(N)=O)=C(O)C(=CC(=O)c1ccc(F)cc1)Nc1sc2c(c1C#N)CCCC2. The van der Waals surface area contributed by atoms with Crippen LogP contribution in [0.1, 0.15) is 39.2 Å². The molecule has 0 radical (unpaired) electrons. The monoisotopic (exact) mass is 436 g/mol. The van der Waals surface area contributed by atoms with E-state index in [-0.39, 0.29) is 11.3 Å². The van der Waals surface area contributed by atoms with E-state index in [9.17, 15) is 29.6 Å². The Bertz CT molecular complexity index is 1200. The zero-order valence-electron chi connectivity index (χ0n) is 16.2. The van der Waals surface area contributed by atoms with Gasteiger partial charge in [-0.3, -0.25) is 9.59 Å². The fourth-order valence-electron chi connectivity index (χ4n) is 3.25. The molecule has 1 aromatic carbocycles. The number of halogens is 1. The highest BCUT2D eigenvalue weighted by Crippen LogP contribution is 2.38. The summed E-state index contributed by atoms with van der Waals surface area (Å²) in [4.78, 5) is 25.2. The number of aryl methyl sites for hydroxylation is 1. The van der Waals surface area contributed by atoms with Gasteiger partial charge in [-0.15, -0.1) is 11.3 Å². The molecule has 156 valence electrons. The van der Waals surface area contributed by atoms with E-state index in [4.69, 9.17) is 5.73 Å². The first-order chi connectivity index (χ1) is 14.8. The lowest BCUT2D eigenvalue weighted by atomic mass is 9.96. The Morgan fingerprint density at radius 2 is 1.87 bits per heavy atom. The lowest BCUT2D eigenvalue weighted by Crippen LogP contribution is -2.17. The Morgan fingerprint density at radius 3 is 2.48 bits per heavy atom. The Balaban J connectivity index is 2.09. The summed E-state index contributed by atoms with van der Waals surface area (Å²) in [7, 11) is 0. The van der Waals surface area contributed by atoms with Gasteiger partial charge in [0.05, 0.1) is 11.3 Å². The van der Waals surface area contributed by atoms with E-state index in [2.05, 4.69) is 11.4 Å². The highest BCUT2D eigenvalue weighted by molar-refractivity contribution is 7.16. The molecule has 0 atom stereocenters. The first kappa shape index (κ1) is 21.8. The zero-order chi connectivity index (χ0) is 22.5. The van der Waals surface area contributed by atoms with Gasteiger partial charge in [-0.25, -0.2) is 4.39 Å². The van der Waals surface area contributed by atoms with Crippen LogP contribution in [0.25, 0.3) is 0 Å². The number of nitriles is 2. The number of anilines is 1. The van der Waals surface area contributed by atoms with Crippen molar-refractivity contribution in [1.82, 2.24) is 0 Å². The molecule has 0 saturated heterocycles. The predicted molar refractivity (Wildman–Crippen MR) is 113 cm³/mol. The molecule has 0 unspecified atom stereocenters. The van der Waals surface area contributed by atoms with Crippen LogP contribution in [0.5, 0.6) is 0 Å². The van der Waals surface area contributed by atoms with E-state index < -0.39 is 28.8 Å². The molecule has 0 spiro atoms. The van der Waals surface area contributed by atoms with Crippen LogP contribution in [0.4, 0.5) is 9.39 Å². The standard InChI is InChI=1S/C22H17FN4O3S/c23-13-7-5-12(6-8-13)18(28)9-17(20(29)16(11-25)21(26)30)27-22-15(10-24)14-3-1-2-4-19(14)31-22/h5-9,27,29H,1-4H2,(H2,26,30). The van der Waals surface area contributed by atoms with Gasteiger partial charge >= 0.3 is 0 Å². The number of thiophene rings is 1. The molecular formula is C22H17FN4O3S. The number of primary amides is 1. The number of allylic oxidation sites excluding steroid dienone is 1. The van der Waals surface area contributed by atoms with Gasteiger partial charge in [-0.2, -0.15) is 10.5 Å². The number of carbonyl (C=O) groups is 2. The fourth-order valence-corrected chi connectivity index (χ4v) is 4.50. The van der Waals surface area contributed by atoms with Gasteiger partial charge in [0.1, 0.15) is 23.0 Å². The van der Waals surface area contributed by atoms with Crippen molar-refractivity contribution in [2.75, 3.05) is 5.32 Å². The van der Waals surface area contributed by atoms with Crippen molar-refractivity contribution >= 4 is 28.0 Å². The minimum Gasteiger partial charge on any atom is -0.504 e. The Hall–Kier alpha value is -3.95. The van der Waals surface area contributed by atoms with E-state index in [1.807, 2.05) is 0 Å². The number of ketones is 1. The second kappa shape index (κ2) is 9.24. The summed E-state index contributed by atoms with van der Waals surface area (Å²) in [6.07, 6.45) is 4.49. The molecule has 1 aliphatic rings. The molecular weight excluding hydrogens is 419 g/mol. The first-order valence-electron chi connectivity index (χ1n) is 9.32. The zero-order valence-corrected chi connectivity index (χ0v) is 17.1. The fraction of sp³-hybridized carbons (Fsp3) is 0.182. The summed E-state index contributed by atoms with van der Waals surface area (Å²) in [6.45, 7) is 0. The third-order valence-corrected chi connectivity index (χ3v) is 5.99. The Kier molecular flexibility index (Phi) is 6.49. The average molecular weight is 436 g/mol. The van der Waals surface area contributed by atoms with Gasteiger partial charge in [0.25, 0.3) is 5.91 Å². The van der Waals surface area contributed by atoms with Gasteiger partial charge in [-0.05, 0) is 55.5 Å². The summed E-state index contributed by atoms with van der Waals surface area (Å²) in [5.41, 5.74) is 5.59. The van der Waals surface area contributed by atoms with Crippen molar-refractivity contribution in [3.8, 4) is 12.1 Å². The highest BCUT2D eigenvalue weighted by atomic mass is 32.1. The molecule has 9 heteroatoms. The van der Waals surface area contributed by atoms with E-state index in [1.165, 1.54) is 29.5 Å². The maximum absolute atomic E-state index is 13.2. The number of rotatable bonds is 6. The Labute approximate surface area is 181 Å². The van der Waals surface area contributed by atoms with Crippen LogP contribution in [0.15, 0.2) is 47.4 Å². The molecule has 1 amide bonds. The van der Waals surface area contributed by atoms with E-state index >= 15 is 0 Å². The van der Waals surface area contributed by atoms with Crippen LogP contribution in [-0.2, 0) is 17.6 Å². The third kappa shape index (κ3) is 4.63. The molecule has 0 fully saturated rings. The predicted octanol–water partition coefficient (Wildman–Crippen LogP) is 3.64. The summed E-state index contributed by atoms with van der Waals surface area (Å²) in [5.74, 6) is -3.13. The molecule has 0 bridgehead atoms. The number of nitrogens with zero attached hydrogens (tertiary/aromatic N) is 2. The molecule has 3 rings (SSSR count). The molecule has 7 nitrogen and oxygen atoms in total. The molecule has 4 N–H and O–H groups in total. The molecule has 2 aromatic rings. The quantitative estimate of drug-likeness (QED) is 0.208. The van der Waals surface area contributed by atoms with Gasteiger partial charge in [0.2, 0.25) is 0 Å². The largest absolute Gasteiger partial charge is 0.504 e. The van der Waals surface area contributed by atoms with Gasteiger partial charge in [0.15, 0.2) is 17.1 Å². The maximum Gasteiger partial charge on any atom is 0.263 e. The number of hydrogen-bond acceptors (Lipinski definition) is 7. The number of aliphatic hydroxyl groups excluding tert-OH is 1. The number of benzene rings is 1. The van der Waals surface area contributed by atoms with Crippen LogP contribution in [0, 0.1) is 28.5 Å². The number of nitrogens with two attached hydrogens (primary N) is 1. The van der Waals surface area contributed by atoms with Crippen molar-refractivity contribution < 1.29 is 19.1 Å². The van der Waals surface area contributed by atoms with Crippen LogP contribution in [-0.4, -0.2) is 16.8 Å². The maximum atomic E-state index is 13.2. The lowest BCUT2D eigenvalue weighted by molar-refractivity contribution is -0.114. The third-order valence-electron chi connectivity index (χ3n) is 4.79. The number of hydrogen-bond donors (Lipinski definition) is 3. The van der Waals surface area contributed by atoms with Gasteiger partial charge in [0, 0.05) is 16.5 Å². The molecule has 1 heterocycles. The van der Waals surface area contributed by atoms with Crippen molar-refractivity contribution in [2.45, 2.75) is 25.7 Å². The number of fused-ring (bicyclic) bond motifs is 1. The van der Waals surface area contributed by atoms with E-state index in [1.54, 1.807) is 0 Å². The van der Waals surface area contributed by atoms with Crippen molar-refractivity contribution in [3.63, 3.8) is 0 Å². The summed E-state index contributed by atoms with van der Waals surface area (Å²) in [5, 5.41) is 32.6. The van der Waals surface area contributed by atoms with Crippen molar-refractivity contribution in [2.24, 2.45) is 5.73 Å². The van der Waals surface area contributed by atoms with Crippen molar-refractivity contribution in [1.29, 1.82) is 10.5 Å². The number of aliphatic hydroxyl groups is 1. The highest BCUT2D eigenvalue weighted by Gasteiger charge is 2.24. The number of nitrogens with one attached hydrogen (secondary N) is 1. The summed E-state index contributed by atoms with van der Waals surface area (Å²) in [6, 6.07) is 8.40. The van der Waals surface area contributed by atoms with E-state index in [0.29, 0.717) is 10.6 Å². The minimum atomic E-state index is -1.17. The average Bonchev–Trinajstić information content (AvgIpc) is 3.10. The van der Waals surface area contributed by atoms with Crippen LogP contribution in [0.3, 0.4) is 0 Å².